The minimum atomic E-state index is -2.92. The number of carboxylic acid groups (broad SMARTS) is 1. The summed E-state index contributed by atoms with van der Waals surface area (Å²) >= 11 is 0. The van der Waals surface area contributed by atoms with Gasteiger partial charge >= 0.3 is 5.97 Å². The van der Waals surface area contributed by atoms with E-state index in [2.05, 4.69) is 9.97 Å². The highest BCUT2D eigenvalue weighted by Gasteiger charge is 2.33. The van der Waals surface area contributed by atoms with Crippen LogP contribution in [0.1, 0.15) is 36.0 Å². The van der Waals surface area contributed by atoms with Crippen LogP contribution in [0.4, 0.5) is 0 Å². The lowest BCUT2D eigenvalue weighted by Crippen LogP contribution is -2.22. The third-order valence-corrected chi connectivity index (χ3v) is 5.80. The van der Waals surface area contributed by atoms with E-state index in [0.29, 0.717) is 25.7 Å². The molecule has 1 aliphatic carbocycles. The Morgan fingerprint density at radius 2 is 2.16 bits per heavy atom. The Bertz CT molecular complexity index is 620. The van der Waals surface area contributed by atoms with Gasteiger partial charge in [-0.1, -0.05) is 0 Å². The number of hydrogen-bond acceptors (Lipinski definition) is 4. The highest BCUT2D eigenvalue weighted by Crippen LogP contribution is 2.30. The number of rotatable bonds is 2. The molecule has 0 amide bonds. The molecule has 104 valence electrons. The number of nitrogens with one attached hydrogen (secondary N) is 1. The third kappa shape index (κ3) is 2.39. The number of sulfone groups is 1. The molecule has 2 atom stereocenters. The first-order chi connectivity index (χ1) is 8.94. The number of imidazole rings is 1. The van der Waals surface area contributed by atoms with E-state index in [1.807, 2.05) is 0 Å². The molecular weight excluding hydrogens is 268 g/mol. The van der Waals surface area contributed by atoms with Crippen molar-refractivity contribution in [3.63, 3.8) is 0 Å². The van der Waals surface area contributed by atoms with E-state index in [-0.39, 0.29) is 23.3 Å². The van der Waals surface area contributed by atoms with E-state index >= 15 is 0 Å². The number of aryl methyl sites for hydroxylation is 1. The van der Waals surface area contributed by atoms with Crippen LogP contribution < -0.4 is 0 Å². The number of aromatic nitrogens is 2. The number of H-pyrrole nitrogens is 1. The molecule has 0 saturated carbocycles. The molecule has 1 saturated heterocycles. The van der Waals surface area contributed by atoms with Gasteiger partial charge in [0.2, 0.25) is 0 Å². The molecule has 3 rings (SSSR count). The number of aliphatic carboxylic acids is 1. The van der Waals surface area contributed by atoms with Gasteiger partial charge in [-0.3, -0.25) is 4.79 Å². The van der Waals surface area contributed by atoms with Gasteiger partial charge in [0.1, 0.15) is 5.82 Å². The summed E-state index contributed by atoms with van der Waals surface area (Å²) in [5.41, 5.74) is 1.79. The van der Waals surface area contributed by atoms with Crippen molar-refractivity contribution < 1.29 is 18.3 Å². The summed E-state index contributed by atoms with van der Waals surface area (Å²) in [7, 11) is -2.92. The van der Waals surface area contributed by atoms with E-state index in [9.17, 15) is 13.2 Å². The Morgan fingerprint density at radius 1 is 1.37 bits per heavy atom. The molecule has 0 bridgehead atoms. The molecule has 1 aliphatic heterocycles. The van der Waals surface area contributed by atoms with Crippen molar-refractivity contribution in [2.45, 2.75) is 31.6 Å². The fraction of sp³-hybridized carbons (Fsp3) is 0.667. The molecule has 2 heterocycles. The molecule has 0 spiro atoms. The monoisotopic (exact) mass is 284 g/mol. The predicted molar refractivity (Wildman–Crippen MR) is 67.8 cm³/mol. The second-order valence-electron chi connectivity index (χ2n) is 5.43. The molecular formula is C12H16N2O4S. The summed E-state index contributed by atoms with van der Waals surface area (Å²) in [6, 6.07) is 0. The predicted octanol–water partition coefficient (Wildman–Crippen LogP) is 0.501. The number of carbonyl (C=O) groups is 1. The third-order valence-electron chi connectivity index (χ3n) is 4.03. The number of carboxylic acids is 1. The fourth-order valence-corrected chi connectivity index (χ4v) is 4.67. The first kappa shape index (κ1) is 12.7. The molecule has 6 nitrogen and oxygen atoms in total. The van der Waals surface area contributed by atoms with Crippen LogP contribution in [0, 0.1) is 5.92 Å². The van der Waals surface area contributed by atoms with E-state index in [4.69, 9.17) is 5.11 Å². The summed E-state index contributed by atoms with van der Waals surface area (Å²) in [6.45, 7) is 0. The second kappa shape index (κ2) is 4.33. The summed E-state index contributed by atoms with van der Waals surface area (Å²) in [4.78, 5) is 18.6. The van der Waals surface area contributed by atoms with Gasteiger partial charge in [-0.05, 0) is 19.3 Å². The van der Waals surface area contributed by atoms with Crippen molar-refractivity contribution >= 4 is 15.8 Å². The van der Waals surface area contributed by atoms with Crippen LogP contribution in [0.15, 0.2) is 0 Å². The van der Waals surface area contributed by atoms with Crippen LogP contribution in [-0.4, -0.2) is 41.0 Å². The van der Waals surface area contributed by atoms with Crippen LogP contribution in [0.3, 0.4) is 0 Å². The van der Waals surface area contributed by atoms with Gasteiger partial charge in [0.15, 0.2) is 9.84 Å². The van der Waals surface area contributed by atoms with Gasteiger partial charge in [-0.15, -0.1) is 0 Å². The highest BCUT2D eigenvalue weighted by molar-refractivity contribution is 7.91. The average Bonchev–Trinajstić information content (AvgIpc) is 2.90. The molecule has 1 aromatic rings. The van der Waals surface area contributed by atoms with Crippen LogP contribution in [0.2, 0.25) is 0 Å². The van der Waals surface area contributed by atoms with E-state index in [1.54, 1.807) is 0 Å². The van der Waals surface area contributed by atoms with Crippen molar-refractivity contribution in [3.05, 3.63) is 17.2 Å². The van der Waals surface area contributed by atoms with E-state index in [0.717, 1.165) is 17.2 Å². The molecule has 0 aromatic carbocycles. The molecule has 2 aliphatic rings. The first-order valence-corrected chi connectivity index (χ1v) is 8.27. The molecule has 7 heteroatoms. The summed E-state index contributed by atoms with van der Waals surface area (Å²) in [5, 5.41) is 9.04. The number of fused-ring (bicyclic) bond motifs is 1. The number of nitrogens with zero attached hydrogens (tertiary/aromatic N) is 1. The quantitative estimate of drug-likeness (QED) is 0.823. The van der Waals surface area contributed by atoms with Gasteiger partial charge < -0.3 is 10.1 Å². The second-order valence-corrected chi connectivity index (χ2v) is 7.65. The van der Waals surface area contributed by atoms with Gasteiger partial charge in [-0.25, -0.2) is 13.4 Å². The molecule has 2 N–H and O–H groups in total. The van der Waals surface area contributed by atoms with E-state index < -0.39 is 15.8 Å². The Morgan fingerprint density at radius 3 is 2.79 bits per heavy atom. The summed E-state index contributed by atoms with van der Waals surface area (Å²) in [5.74, 6) is -0.0861. The fourth-order valence-electron chi connectivity index (χ4n) is 2.92. The smallest absolute Gasteiger partial charge is 0.306 e. The number of aromatic amines is 1. The zero-order valence-electron chi connectivity index (χ0n) is 10.4. The largest absolute Gasteiger partial charge is 0.481 e. The van der Waals surface area contributed by atoms with Crippen molar-refractivity contribution in [2.75, 3.05) is 11.5 Å². The molecule has 1 fully saturated rings. The van der Waals surface area contributed by atoms with Gasteiger partial charge in [0, 0.05) is 18.0 Å². The van der Waals surface area contributed by atoms with Gasteiger partial charge in [0.25, 0.3) is 0 Å². The Labute approximate surface area is 111 Å². The van der Waals surface area contributed by atoms with Crippen LogP contribution in [0.25, 0.3) is 0 Å². The first-order valence-electron chi connectivity index (χ1n) is 6.45. The lowest BCUT2D eigenvalue weighted by atomic mass is 9.90. The van der Waals surface area contributed by atoms with Gasteiger partial charge in [-0.2, -0.15) is 0 Å². The summed E-state index contributed by atoms with van der Waals surface area (Å²) < 4.78 is 23.0. The minimum absolute atomic E-state index is 0.0566. The maximum absolute atomic E-state index is 11.5. The number of hydrogen-bond donors (Lipinski definition) is 2. The zero-order chi connectivity index (χ0) is 13.6. The standard InChI is InChI=1S/C12H16N2O4S/c15-12(16)7-1-2-9-10(5-7)14-11(13-9)8-3-4-19(17,18)6-8/h7-8H,1-6H2,(H,13,14)(H,15,16). The normalized spacial score (nSPS) is 29.1. The maximum Gasteiger partial charge on any atom is 0.306 e. The van der Waals surface area contributed by atoms with Gasteiger partial charge in [0.05, 0.1) is 23.1 Å². The average molecular weight is 284 g/mol. The lowest BCUT2D eigenvalue weighted by Gasteiger charge is -2.16. The van der Waals surface area contributed by atoms with E-state index in [1.165, 1.54) is 0 Å². The Kier molecular flexibility index (Phi) is 2.88. The van der Waals surface area contributed by atoms with Crippen LogP contribution >= 0.6 is 0 Å². The Balaban J connectivity index is 1.82. The minimum Gasteiger partial charge on any atom is -0.481 e. The van der Waals surface area contributed by atoms with Crippen LogP contribution in [-0.2, 0) is 27.5 Å². The molecule has 0 radical (unpaired) electrons. The maximum atomic E-state index is 11.5. The lowest BCUT2D eigenvalue weighted by molar-refractivity contribution is -0.142. The zero-order valence-corrected chi connectivity index (χ0v) is 11.2. The van der Waals surface area contributed by atoms with Crippen molar-refractivity contribution in [1.29, 1.82) is 0 Å². The van der Waals surface area contributed by atoms with Crippen molar-refractivity contribution in [1.82, 2.24) is 9.97 Å². The SMILES string of the molecule is O=C(O)C1CCc2nc(C3CCS(=O)(=O)C3)[nH]c2C1. The molecule has 1 aromatic heterocycles. The Hall–Kier alpha value is -1.37. The summed E-state index contributed by atoms with van der Waals surface area (Å²) in [6.07, 6.45) is 2.34. The highest BCUT2D eigenvalue weighted by atomic mass is 32.2. The van der Waals surface area contributed by atoms with Crippen LogP contribution in [0.5, 0.6) is 0 Å². The van der Waals surface area contributed by atoms with Crippen molar-refractivity contribution in [2.24, 2.45) is 5.92 Å². The van der Waals surface area contributed by atoms with Crippen molar-refractivity contribution in [3.8, 4) is 0 Å². The molecule has 2 unspecified atom stereocenters. The molecule has 19 heavy (non-hydrogen) atoms. The topological polar surface area (TPSA) is 100 Å².